The number of rotatable bonds is 3. The Morgan fingerprint density at radius 3 is 2.36 bits per heavy atom. The molecule has 146 valence electrons. The van der Waals surface area contributed by atoms with Crippen LogP contribution in [0.3, 0.4) is 0 Å². The van der Waals surface area contributed by atoms with Crippen LogP contribution in [0.15, 0.2) is 53.5 Å². The number of aromatic nitrogens is 1. The summed E-state index contributed by atoms with van der Waals surface area (Å²) in [6, 6.07) is 8.42. The molecule has 1 atom stereocenters. The average Bonchev–Trinajstić information content (AvgIpc) is 2.65. The van der Waals surface area contributed by atoms with Gasteiger partial charge in [0.15, 0.2) is 0 Å². The molecule has 0 aliphatic heterocycles. The Morgan fingerprint density at radius 2 is 1.75 bits per heavy atom. The first kappa shape index (κ1) is 19.6. The molecule has 1 amide bonds. The van der Waals surface area contributed by atoms with E-state index in [0.717, 1.165) is 6.07 Å². The zero-order valence-corrected chi connectivity index (χ0v) is 15.0. The summed E-state index contributed by atoms with van der Waals surface area (Å²) >= 11 is 0. The lowest BCUT2D eigenvalue weighted by Gasteiger charge is -2.26. The number of carbonyl (C=O) groups is 1. The van der Waals surface area contributed by atoms with Crippen LogP contribution in [-0.2, 0) is 6.18 Å². The highest BCUT2D eigenvalue weighted by molar-refractivity contribution is 5.95. The summed E-state index contributed by atoms with van der Waals surface area (Å²) in [6.07, 6.45) is -3.34. The van der Waals surface area contributed by atoms with Gasteiger partial charge in [-0.1, -0.05) is 18.2 Å². The maximum atomic E-state index is 13.8. The van der Waals surface area contributed by atoms with E-state index in [1.165, 1.54) is 18.1 Å². The van der Waals surface area contributed by atoms with Crippen molar-refractivity contribution in [1.29, 1.82) is 0 Å². The molecule has 0 saturated carbocycles. The Hall–Kier alpha value is -3.16. The van der Waals surface area contributed by atoms with Crippen LogP contribution >= 0.6 is 0 Å². The highest BCUT2D eigenvalue weighted by Gasteiger charge is 2.34. The minimum atomic E-state index is -4.83. The van der Waals surface area contributed by atoms with Crippen LogP contribution in [0.5, 0.6) is 0 Å². The molecule has 8 heteroatoms. The molecule has 0 spiro atoms. The first-order valence-electron chi connectivity index (χ1n) is 8.35. The van der Waals surface area contributed by atoms with Crippen molar-refractivity contribution in [3.8, 4) is 0 Å². The molecule has 0 bridgehead atoms. The molecule has 0 aliphatic rings. The molecule has 3 rings (SSSR count). The van der Waals surface area contributed by atoms with E-state index >= 15 is 0 Å². The van der Waals surface area contributed by atoms with E-state index in [9.17, 15) is 27.2 Å². The smallest absolute Gasteiger partial charge is 0.335 e. The predicted octanol–water partition coefficient (Wildman–Crippen LogP) is 4.52. The summed E-state index contributed by atoms with van der Waals surface area (Å²) < 4.78 is 51.9. The molecular formula is C20H16F4N2O2. The first-order valence-corrected chi connectivity index (χ1v) is 8.35. The molecule has 0 aliphatic carbocycles. The quantitative estimate of drug-likeness (QED) is 0.667. The standard InChI is InChI=1S/C20H16F4N2O2/c1-11(15-10-25-18(27)14-6-4-3-5-13(14)15)26(2)19(28)12-7-8-16(17(21)9-12)20(22,23)24/h3-11H,1-2H3,(H,25,27). The fraction of sp³-hybridized carbons (Fsp3) is 0.200. The van der Waals surface area contributed by atoms with E-state index in [-0.39, 0.29) is 11.1 Å². The number of fused-ring (bicyclic) bond motifs is 1. The van der Waals surface area contributed by atoms with E-state index in [2.05, 4.69) is 4.98 Å². The molecule has 1 N–H and O–H groups in total. The Kier molecular flexibility index (Phi) is 4.97. The number of halogens is 4. The number of nitrogens with one attached hydrogen (secondary N) is 1. The third kappa shape index (κ3) is 3.49. The zero-order chi connectivity index (χ0) is 20.6. The van der Waals surface area contributed by atoms with Gasteiger partial charge in [0.05, 0.1) is 11.6 Å². The van der Waals surface area contributed by atoms with Gasteiger partial charge in [-0.3, -0.25) is 9.59 Å². The van der Waals surface area contributed by atoms with E-state index in [1.54, 1.807) is 31.2 Å². The van der Waals surface area contributed by atoms with Crippen molar-refractivity contribution < 1.29 is 22.4 Å². The second-order valence-electron chi connectivity index (χ2n) is 6.40. The number of nitrogens with zero attached hydrogens (tertiary/aromatic N) is 1. The number of carbonyl (C=O) groups excluding carboxylic acids is 1. The number of alkyl halides is 3. The predicted molar refractivity (Wildman–Crippen MR) is 96.5 cm³/mol. The van der Waals surface area contributed by atoms with E-state index < -0.39 is 29.5 Å². The lowest BCUT2D eigenvalue weighted by atomic mass is 10.0. The van der Waals surface area contributed by atoms with Crippen LogP contribution in [-0.4, -0.2) is 22.8 Å². The van der Waals surface area contributed by atoms with Crippen LogP contribution in [0, 0.1) is 5.82 Å². The van der Waals surface area contributed by atoms with Crippen molar-refractivity contribution in [1.82, 2.24) is 9.88 Å². The van der Waals surface area contributed by atoms with Gasteiger partial charge < -0.3 is 9.88 Å². The van der Waals surface area contributed by atoms with Crippen LogP contribution in [0.4, 0.5) is 17.6 Å². The van der Waals surface area contributed by atoms with Crippen molar-refractivity contribution in [2.45, 2.75) is 19.1 Å². The fourth-order valence-electron chi connectivity index (χ4n) is 3.04. The van der Waals surface area contributed by atoms with Crippen LogP contribution in [0.1, 0.15) is 34.5 Å². The highest BCUT2D eigenvalue weighted by atomic mass is 19.4. The summed E-state index contributed by atoms with van der Waals surface area (Å²) in [5, 5.41) is 1.10. The summed E-state index contributed by atoms with van der Waals surface area (Å²) in [4.78, 5) is 28.5. The van der Waals surface area contributed by atoms with Gasteiger partial charge in [0.25, 0.3) is 11.5 Å². The van der Waals surface area contributed by atoms with Crippen LogP contribution in [0.25, 0.3) is 10.8 Å². The van der Waals surface area contributed by atoms with Crippen molar-refractivity contribution in [2.24, 2.45) is 0 Å². The Bertz CT molecular complexity index is 1110. The summed E-state index contributed by atoms with van der Waals surface area (Å²) in [5.41, 5.74) is -1.25. The Balaban J connectivity index is 1.95. The number of H-pyrrole nitrogens is 1. The van der Waals surface area contributed by atoms with Gasteiger partial charge in [-0.25, -0.2) is 4.39 Å². The molecular weight excluding hydrogens is 376 g/mol. The topological polar surface area (TPSA) is 53.2 Å². The van der Waals surface area contributed by atoms with Crippen molar-refractivity contribution >= 4 is 16.7 Å². The SMILES string of the molecule is CC(c1c[nH]c(=O)c2ccccc12)N(C)C(=O)c1ccc(C(F)(F)F)c(F)c1. The van der Waals surface area contributed by atoms with Gasteiger partial charge in [0, 0.05) is 24.2 Å². The molecule has 2 aromatic carbocycles. The normalized spacial score (nSPS) is 12.8. The zero-order valence-electron chi connectivity index (χ0n) is 15.0. The van der Waals surface area contributed by atoms with Crippen molar-refractivity contribution in [3.63, 3.8) is 0 Å². The molecule has 1 heterocycles. The minimum absolute atomic E-state index is 0.200. The summed E-state index contributed by atoms with van der Waals surface area (Å²) in [6.45, 7) is 1.71. The van der Waals surface area contributed by atoms with Crippen molar-refractivity contribution in [2.75, 3.05) is 7.05 Å². The first-order chi connectivity index (χ1) is 13.1. The number of aromatic amines is 1. The lowest BCUT2D eigenvalue weighted by Crippen LogP contribution is -2.30. The largest absolute Gasteiger partial charge is 0.419 e. The van der Waals surface area contributed by atoms with E-state index in [4.69, 9.17) is 0 Å². The Labute approximate surface area is 157 Å². The molecule has 3 aromatic rings. The van der Waals surface area contributed by atoms with Gasteiger partial charge >= 0.3 is 6.18 Å². The number of hydrogen-bond donors (Lipinski definition) is 1. The van der Waals surface area contributed by atoms with Crippen LogP contribution in [0.2, 0.25) is 0 Å². The second-order valence-corrected chi connectivity index (χ2v) is 6.40. The third-order valence-corrected chi connectivity index (χ3v) is 4.71. The second kappa shape index (κ2) is 7.10. The number of amides is 1. The molecule has 0 fully saturated rings. The molecule has 1 unspecified atom stereocenters. The van der Waals surface area contributed by atoms with Gasteiger partial charge in [0.2, 0.25) is 0 Å². The number of benzene rings is 2. The van der Waals surface area contributed by atoms with Gasteiger partial charge in [-0.2, -0.15) is 13.2 Å². The maximum Gasteiger partial charge on any atom is 0.419 e. The maximum absolute atomic E-state index is 13.8. The number of hydrogen-bond acceptors (Lipinski definition) is 2. The van der Waals surface area contributed by atoms with Gasteiger partial charge in [-0.05, 0) is 42.1 Å². The summed E-state index contributed by atoms with van der Waals surface area (Å²) in [5.74, 6) is -2.15. The van der Waals surface area contributed by atoms with Crippen molar-refractivity contribution in [3.05, 3.63) is 81.5 Å². The third-order valence-electron chi connectivity index (χ3n) is 4.71. The Morgan fingerprint density at radius 1 is 1.11 bits per heavy atom. The van der Waals surface area contributed by atoms with Gasteiger partial charge in [0.1, 0.15) is 5.82 Å². The van der Waals surface area contributed by atoms with Gasteiger partial charge in [-0.15, -0.1) is 0 Å². The van der Waals surface area contributed by atoms with E-state index in [1.807, 2.05) is 0 Å². The molecule has 1 aromatic heterocycles. The monoisotopic (exact) mass is 392 g/mol. The molecule has 0 radical (unpaired) electrons. The van der Waals surface area contributed by atoms with Crippen LogP contribution < -0.4 is 5.56 Å². The summed E-state index contributed by atoms with van der Waals surface area (Å²) in [7, 11) is 1.46. The minimum Gasteiger partial charge on any atom is -0.335 e. The highest BCUT2D eigenvalue weighted by Crippen LogP contribution is 2.32. The van der Waals surface area contributed by atoms with E-state index in [0.29, 0.717) is 28.5 Å². The fourth-order valence-corrected chi connectivity index (χ4v) is 3.04. The number of pyridine rings is 1. The average molecular weight is 392 g/mol. The molecule has 0 saturated heterocycles. The molecule has 28 heavy (non-hydrogen) atoms. The lowest BCUT2D eigenvalue weighted by molar-refractivity contribution is -0.140. The molecule has 4 nitrogen and oxygen atoms in total.